The van der Waals surface area contributed by atoms with E-state index < -0.39 is 0 Å². The van der Waals surface area contributed by atoms with Crippen LogP contribution >= 0.6 is 11.8 Å². The first-order chi connectivity index (χ1) is 8.25. The fourth-order valence-electron chi connectivity index (χ4n) is 1.86. The predicted octanol–water partition coefficient (Wildman–Crippen LogP) is 1.04. The minimum atomic E-state index is -0.285. The molecule has 0 aromatic heterocycles. The van der Waals surface area contributed by atoms with E-state index in [1.807, 2.05) is 24.3 Å². The molecule has 1 heterocycles. The summed E-state index contributed by atoms with van der Waals surface area (Å²) in [6.07, 6.45) is 1.13. The van der Waals surface area contributed by atoms with E-state index in [4.69, 9.17) is 5.73 Å². The van der Waals surface area contributed by atoms with Crippen LogP contribution in [0.5, 0.6) is 0 Å². The molecule has 1 aromatic rings. The molecular formula is C12H17N3OS. The van der Waals surface area contributed by atoms with Crippen molar-refractivity contribution in [3.8, 4) is 0 Å². The van der Waals surface area contributed by atoms with Crippen LogP contribution in [0.4, 0.5) is 5.69 Å². The molecule has 1 aromatic carbocycles. The summed E-state index contributed by atoms with van der Waals surface area (Å²) in [6.45, 7) is 2.06. The van der Waals surface area contributed by atoms with E-state index in [0.29, 0.717) is 11.8 Å². The van der Waals surface area contributed by atoms with Gasteiger partial charge in [0.05, 0.1) is 5.75 Å². The van der Waals surface area contributed by atoms with Crippen molar-refractivity contribution in [3.05, 3.63) is 24.3 Å². The molecule has 5 heteroatoms. The summed E-state index contributed by atoms with van der Waals surface area (Å²) >= 11 is 1.48. The normalized spacial score (nSPS) is 19.2. The second-order valence-electron chi connectivity index (χ2n) is 4.09. The van der Waals surface area contributed by atoms with Crippen LogP contribution in [-0.2, 0) is 4.79 Å². The van der Waals surface area contributed by atoms with Crippen LogP contribution in [0.25, 0.3) is 0 Å². The Morgan fingerprint density at radius 2 is 2.35 bits per heavy atom. The van der Waals surface area contributed by atoms with Crippen molar-refractivity contribution >= 4 is 23.4 Å². The highest BCUT2D eigenvalue weighted by Crippen LogP contribution is 2.27. The first-order valence-electron chi connectivity index (χ1n) is 5.73. The molecule has 17 heavy (non-hydrogen) atoms. The molecule has 2 rings (SSSR count). The molecule has 0 spiro atoms. The van der Waals surface area contributed by atoms with Crippen molar-refractivity contribution in [1.82, 2.24) is 5.32 Å². The Kier molecular flexibility index (Phi) is 4.28. The lowest BCUT2D eigenvalue weighted by molar-refractivity contribution is -0.115. The van der Waals surface area contributed by atoms with Crippen LogP contribution in [0.3, 0.4) is 0 Å². The molecule has 1 amide bonds. The standard InChI is InChI=1S/C12H17N3OS/c13-12(16)8-17-11-4-2-1-3-10(11)15-9-5-6-14-7-9/h1-4,9,14-15H,5-8H2,(H2,13,16). The molecule has 1 saturated heterocycles. The molecule has 0 aliphatic carbocycles. The minimum Gasteiger partial charge on any atom is -0.380 e. The zero-order valence-corrected chi connectivity index (χ0v) is 10.4. The topological polar surface area (TPSA) is 67.2 Å². The van der Waals surface area contributed by atoms with Gasteiger partial charge >= 0.3 is 0 Å². The number of benzene rings is 1. The third kappa shape index (κ3) is 3.64. The average molecular weight is 251 g/mol. The minimum absolute atomic E-state index is 0.285. The number of hydrogen-bond donors (Lipinski definition) is 3. The van der Waals surface area contributed by atoms with Gasteiger partial charge in [0, 0.05) is 23.2 Å². The van der Waals surface area contributed by atoms with Gasteiger partial charge in [0.15, 0.2) is 0 Å². The number of nitrogens with two attached hydrogens (primary N) is 1. The maximum absolute atomic E-state index is 10.8. The van der Waals surface area contributed by atoms with E-state index >= 15 is 0 Å². The lowest BCUT2D eigenvalue weighted by Crippen LogP contribution is -2.22. The monoisotopic (exact) mass is 251 g/mol. The number of primary amides is 1. The number of carbonyl (C=O) groups excluding carboxylic acids is 1. The van der Waals surface area contributed by atoms with Crippen molar-refractivity contribution in [1.29, 1.82) is 0 Å². The van der Waals surface area contributed by atoms with Gasteiger partial charge in [-0.1, -0.05) is 12.1 Å². The number of carbonyl (C=O) groups is 1. The van der Waals surface area contributed by atoms with Crippen LogP contribution in [0.1, 0.15) is 6.42 Å². The fourth-order valence-corrected chi connectivity index (χ4v) is 2.61. The number of nitrogens with one attached hydrogen (secondary N) is 2. The van der Waals surface area contributed by atoms with Crippen LogP contribution < -0.4 is 16.4 Å². The van der Waals surface area contributed by atoms with Crippen molar-refractivity contribution in [2.45, 2.75) is 17.4 Å². The molecule has 0 saturated carbocycles. The third-order valence-corrected chi connectivity index (χ3v) is 3.77. The summed E-state index contributed by atoms with van der Waals surface area (Å²) in [5.74, 6) is 0.0362. The maximum atomic E-state index is 10.8. The molecule has 4 N–H and O–H groups in total. The molecule has 0 radical (unpaired) electrons. The summed E-state index contributed by atoms with van der Waals surface area (Å²) in [7, 11) is 0. The molecule has 1 aliphatic heterocycles. The van der Waals surface area contributed by atoms with E-state index in [1.54, 1.807) is 0 Å². The summed E-state index contributed by atoms with van der Waals surface area (Å²) in [6, 6.07) is 8.51. The van der Waals surface area contributed by atoms with Crippen LogP contribution in [0, 0.1) is 0 Å². The predicted molar refractivity (Wildman–Crippen MR) is 71.3 cm³/mol. The zero-order chi connectivity index (χ0) is 12.1. The van der Waals surface area contributed by atoms with Gasteiger partial charge in [-0.25, -0.2) is 0 Å². The van der Waals surface area contributed by atoms with Gasteiger partial charge in [0.1, 0.15) is 0 Å². The molecule has 1 unspecified atom stereocenters. The smallest absolute Gasteiger partial charge is 0.227 e. The summed E-state index contributed by atoms with van der Waals surface area (Å²) < 4.78 is 0. The highest BCUT2D eigenvalue weighted by molar-refractivity contribution is 8.00. The van der Waals surface area contributed by atoms with Gasteiger partial charge in [-0.3, -0.25) is 4.79 Å². The van der Waals surface area contributed by atoms with Crippen molar-refractivity contribution in [3.63, 3.8) is 0 Å². The third-order valence-electron chi connectivity index (χ3n) is 2.68. The Morgan fingerprint density at radius 1 is 1.53 bits per heavy atom. The first kappa shape index (κ1) is 12.3. The van der Waals surface area contributed by atoms with Gasteiger partial charge in [0.25, 0.3) is 0 Å². The molecule has 92 valence electrons. The largest absolute Gasteiger partial charge is 0.380 e. The zero-order valence-electron chi connectivity index (χ0n) is 9.61. The van der Waals surface area contributed by atoms with Gasteiger partial charge < -0.3 is 16.4 Å². The van der Waals surface area contributed by atoms with E-state index in [0.717, 1.165) is 30.1 Å². The first-order valence-corrected chi connectivity index (χ1v) is 6.71. The number of para-hydroxylation sites is 1. The second kappa shape index (κ2) is 5.93. The summed E-state index contributed by atoms with van der Waals surface area (Å²) in [5.41, 5.74) is 6.25. The molecule has 1 fully saturated rings. The number of anilines is 1. The van der Waals surface area contributed by atoms with E-state index in [1.165, 1.54) is 11.8 Å². The molecule has 1 atom stereocenters. The van der Waals surface area contributed by atoms with Crippen molar-refractivity contribution < 1.29 is 4.79 Å². The van der Waals surface area contributed by atoms with Gasteiger partial charge in [0.2, 0.25) is 5.91 Å². The molecule has 4 nitrogen and oxygen atoms in total. The fraction of sp³-hybridized carbons (Fsp3) is 0.417. The quantitative estimate of drug-likeness (QED) is 0.684. The van der Waals surface area contributed by atoms with Gasteiger partial charge in [-0.15, -0.1) is 11.8 Å². The Balaban J connectivity index is 2.01. The van der Waals surface area contributed by atoms with E-state index in [9.17, 15) is 4.79 Å². The Labute approximate surface area is 105 Å². The SMILES string of the molecule is NC(=O)CSc1ccccc1NC1CCNC1. The lowest BCUT2D eigenvalue weighted by atomic mass is 10.2. The maximum Gasteiger partial charge on any atom is 0.227 e. The Morgan fingerprint density at radius 3 is 3.06 bits per heavy atom. The van der Waals surface area contributed by atoms with Crippen LogP contribution in [0.2, 0.25) is 0 Å². The Bertz CT molecular complexity index is 391. The average Bonchev–Trinajstić information content (AvgIpc) is 2.80. The number of amides is 1. The van der Waals surface area contributed by atoms with Crippen molar-refractivity contribution in [2.75, 3.05) is 24.2 Å². The van der Waals surface area contributed by atoms with Crippen LogP contribution in [-0.4, -0.2) is 30.8 Å². The summed E-state index contributed by atoms with van der Waals surface area (Å²) in [4.78, 5) is 11.9. The lowest BCUT2D eigenvalue weighted by Gasteiger charge is -2.15. The number of hydrogen-bond acceptors (Lipinski definition) is 4. The van der Waals surface area contributed by atoms with Gasteiger partial charge in [-0.05, 0) is 25.1 Å². The van der Waals surface area contributed by atoms with E-state index in [2.05, 4.69) is 10.6 Å². The number of rotatable bonds is 5. The highest BCUT2D eigenvalue weighted by atomic mass is 32.2. The van der Waals surface area contributed by atoms with Gasteiger partial charge in [-0.2, -0.15) is 0 Å². The molecular weight excluding hydrogens is 234 g/mol. The summed E-state index contributed by atoms with van der Waals surface area (Å²) in [5, 5.41) is 6.82. The number of thioether (sulfide) groups is 1. The Hall–Kier alpha value is -1.20. The molecule has 1 aliphatic rings. The van der Waals surface area contributed by atoms with Crippen molar-refractivity contribution in [2.24, 2.45) is 5.73 Å². The van der Waals surface area contributed by atoms with E-state index in [-0.39, 0.29) is 5.91 Å². The molecule has 0 bridgehead atoms. The highest BCUT2D eigenvalue weighted by Gasteiger charge is 2.15. The van der Waals surface area contributed by atoms with Crippen LogP contribution in [0.15, 0.2) is 29.2 Å². The second-order valence-corrected chi connectivity index (χ2v) is 5.10.